The van der Waals surface area contributed by atoms with E-state index < -0.39 is 5.60 Å². The van der Waals surface area contributed by atoms with Crippen molar-refractivity contribution in [1.29, 1.82) is 0 Å². The number of ether oxygens (including phenoxy) is 1. The summed E-state index contributed by atoms with van der Waals surface area (Å²) >= 11 is 5.74. The zero-order valence-corrected chi connectivity index (χ0v) is 16.9. The highest BCUT2D eigenvalue weighted by atomic mass is 127. The van der Waals surface area contributed by atoms with Crippen LogP contribution in [0.5, 0.6) is 0 Å². The number of nitrogens with zero attached hydrogens (tertiary/aromatic N) is 2. The Morgan fingerprint density at radius 1 is 1.35 bits per heavy atom. The maximum atomic E-state index is 11.6. The molecule has 0 aliphatic rings. The van der Waals surface area contributed by atoms with Crippen LogP contribution in [-0.2, 0) is 16.0 Å². The van der Waals surface area contributed by atoms with Crippen molar-refractivity contribution >= 4 is 47.5 Å². The van der Waals surface area contributed by atoms with Gasteiger partial charge in [0.1, 0.15) is 17.3 Å². The predicted octanol–water partition coefficient (Wildman–Crippen LogP) is 2.40. The summed E-state index contributed by atoms with van der Waals surface area (Å²) < 4.78 is 5.21. The van der Waals surface area contributed by atoms with E-state index in [2.05, 4.69) is 20.6 Å². The number of hydrogen-bond acceptors (Lipinski definition) is 4. The average molecular weight is 455 g/mol. The average Bonchev–Trinajstić information content (AvgIpc) is 2.42. The second-order valence-corrected chi connectivity index (χ2v) is 6.07. The molecule has 1 heterocycles. The molecule has 0 saturated carbocycles. The molecule has 0 fully saturated rings. The van der Waals surface area contributed by atoms with Crippen LogP contribution < -0.4 is 10.6 Å². The van der Waals surface area contributed by atoms with Gasteiger partial charge in [-0.25, -0.2) is 4.98 Å². The van der Waals surface area contributed by atoms with Crippen LogP contribution in [-0.4, -0.2) is 42.7 Å². The van der Waals surface area contributed by atoms with Crippen LogP contribution in [0, 0.1) is 0 Å². The van der Waals surface area contributed by atoms with Crippen molar-refractivity contribution in [2.24, 2.45) is 4.99 Å². The van der Waals surface area contributed by atoms with E-state index in [0.29, 0.717) is 17.7 Å². The molecule has 0 aliphatic carbocycles. The number of aromatic nitrogens is 1. The monoisotopic (exact) mass is 454 g/mol. The molecule has 0 radical (unpaired) electrons. The summed E-state index contributed by atoms with van der Waals surface area (Å²) in [4.78, 5) is 19.7. The lowest BCUT2D eigenvalue weighted by Gasteiger charge is -2.20. The van der Waals surface area contributed by atoms with Crippen molar-refractivity contribution in [3.63, 3.8) is 0 Å². The first kappa shape index (κ1) is 21.9. The summed E-state index contributed by atoms with van der Waals surface area (Å²) in [7, 11) is 1.65. The molecule has 0 unspecified atom stereocenters. The predicted molar refractivity (Wildman–Crippen MR) is 104 cm³/mol. The molecule has 0 bridgehead atoms. The largest absolute Gasteiger partial charge is 0.459 e. The fourth-order valence-corrected chi connectivity index (χ4v) is 1.75. The number of carbonyl (C=O) groups is 1. The third-order valence-corrected chi connectivity index (χ3v) is 2.76. The third kappa shape index (κ3) is 10.3. The molecular weight excluding hydrogens is 431 g/mol. The van der Waals surface area contributed by atoms with Crippen molar-refractivity contribution in [3.05, 3.63) is 29.0 Å². The van der Waals surface area contributed by atoms with Gasteiger partial charge in [-0.1, -0.05) is 17.7 Å². The normalized spacial score (nSPS) is 11.4. The number of carbonyl (C=O) groups excluding carboxylic acids is 1. The summed E-state index contributed by atoms with van der Waals surface area (Å²) in [5.74, 6) is 0.227. The SMILES string of the molecule is CN=C(NCCc1ccc(Cl)nc1)NCC(=O)OC(C)(C)C.I. The molecule has 1 aromatic rings. The number of esters is 1. The minimum atomic E-state index is -0.489. The number of nitrogens with one attached hydrogen (secondary N) is 2. The Labute approximate surface area is 159 Å². The van der Waals surface area contributed by atoms with E-state index in [0.717, 1.165) is 12.0 Å². The van der Waals surface area contributed by atoms with Gasteiger partial charge in [0.05, 0.1) is 0 Å². The van der Waals surface area contributed by atoms with Crippen LogP contribution in [0.25, 0.3) is 0 Å². The van der Waals surface area contributed by atoms with Crippen molar-refractivity contribution in [2.45, 2.75) is 32.8 Å². The van der Waals surface area contributed by atoms with Crippen LogP contribution in [0.3, 0.4) is 0 Å². The first-order valence-corrected chi connectivity index (χ1v) is 7.45. The fourth-order valence-electron chi connectivity index (χ4n) is 1.63. The lowest BCUT2D eigenvalue weighted by molar-refractivity contribution is -0.153. The van der Waals surface area contributed by atoms with Gasteiger partial charge in [-0.05, 0) is 38.8 Å². The first-order chi connectivity index (χ1) is 10.3. The lowest BCUT2D eigenvalue weighted by atomic mass is 10.2. The maximum Gasteiger partial charge on any atom is 0.325 e. The van der Waals surface area contributed by atoms with Crippen molar-refractivity contribution in [3.8, 4) is 0 Å². The molecule has 1 rings (SSSR count). The van der Waals surface area contributed by atoms with Crippen molar-refractivity contribution < 1.29 is 9.53 Å². The van der Waals surface area contributed by atoms with Gasteiger partial charge >= 0.3 is 5.97 Å². The second kappa shape index (κ2) is 10.6. The standard InChI is InChI=1S/C15H23ClN4O2.HI/c1-15(2,3)22-13(21)10-20-14(17-4)18-8-7-11-5-6-12(16)19-9-11;/h5-6,9H,7-8,10H2,1-4H3,(H2,17,18,20);1H. The van der Waals surface area contributed by atoms with Gasteiger partial charge in [-0.2, -0.15) is 0 Å². The topological polar surface area (TPSA) is 75.6 Å². The first-order valence-electron chi connectivity index (χ1n) is 7.07. The van der Waals surface area contributed by atoms with Gasteiger partial charge in [0.25, 0.3) is 0 Å². The number of halogens is 2. The minimum absolute atomic E-state index is 0. The molecule has 130 valence electrons. The van der Waals surface area contributed by atoms with Crippen LogP contribution >= 0.6 is 35.6 Å². The summed E-state index contributed by atoms with van der Waals surface area (Å²) in [5.41, 5.74) is 0.580. The molecule has 8 heteroatoms. The van der Waals surface area contributed by atoms with Gasteiger partial charge in [0.2, 0.25) is 0 Å². The Balaban J connectivity index is 0.00000484. The summed E-state index contributed by atoms with van der Waals surface area (Å²) in [6, 6.07) is 3.68. The summed E-state index contributed by atoms with van der Waals surface area (Å²) in [5, 5.41) is 6.51. The van der Waals surface area contributed by atoms with Gasteiger partial charge in [0, 0.05) is 19.8 Å². The Bertz CT molecular complexity index is 515. The highest BCUT2D eigenvalue weighted by molar-refractivity contribution is 14.0. The van der Waals surface area contributed by atoms with E-state index in [1.807, 2.05) is 26.8 Å². The number of pyridine rings is 1. The molecule has 0 atom stereocenters. The van der Waals surface area contributed by atoms with Gasteiger partial charge in [-0.3, -0.25) is 9.79 Å². The Morgan fingerprint density at radius 2 is 2.04 bits per heavy atom. The number of guanidine groups is 1. The van der Waals surface area contributed by atoms with E-state index >= 15 is 0 Å². The van der Waals surface area contributed by atoms with Crippen LogP contribution in [0.2, 0.25) is 5.15 Å². The lowest BCUT2D eigenvalue weighted by Crippen LogP contribution is -2.42. The molecule has 2 N–H and O–H groups in total. The van der Waals surface area contributed by atoms with Crippen LogP contribution in [0.4, 0.5) is 0 Å². The minimum Gasteiger partial charge on any atom is -0.459 e. The Morgan fingerprint density at radius 3 is 2.57 bits per heavy atom. The van der Waals surface area contributed by atoms with E-state index in [1.54, 1.807) is 19.3 Å². The molecule has 6 nitrogen and oxygen atoms in total. The quantitative estimate of drug-likeness (QED) is 0.235. The molecule has 0 aromatic carbocycles. The maximum absolute atomic E-state index is 11.6. The van der Waals surface area contributed by atoms with Gasteiger partial charge in [-0.15, -0.1) is 24.0 Å². The second-order valence-electron chi connectivity index (χ2n) is 5.68. The van der Waals surface area contributed by atoms with E-state index in [1.165, 1.54) is 0 Å². The number of rotatable bonds is 5. The number of hydrogen-bond donors (Lipinski definition) is 2. The Hall–Kier alpha value is -1.09. The summed E-state index contributed by atoms with van der Waals surface area (Å²) in [6.07, 6.45) is 2.51. The van der Waals surface area contributed by atoms with Crippen LogP contribution in [0.1, 0.15) is 26.3 Å². The van der Waals surface area contributed by atoms with Gasteiger partial charge in [0.15, 0.2) is 5.96 Å². The molecular formula is C15H24ClIN4O2. The van der Waals surface area contributed by atoms with E-state index in [4.69, 9.17) is 16.3 Å². The third-order valence-electron chi connectivity index (χ3n) is 2.54. The van der Waals surface area contributed by atoms with Gasteiger partial charge < -0.3 is 15.4 Å². The zero-order chi connectivity index (χ0) is 16.6. The molecule has 0 aliphatic heterocycles. The van der Waals surface area contributed by atoms with Crippen molar-refractivity contribution in [1.82, 2.24) is 15.6 Å². The Kier molecular flexibility index (Phi) is 10.1. The van der Waals surface area contributed by atoms with E-state index in [-0.39, 0.29) is 36.5 Å². The zero-order valence-electron chi connectivity index (χ0n) is 13.9. The molecule has 0 amide bonds. The highest BCUT2D eigenvalue weighted by Gasteiger charge is 2.16. The molecule has 1 aromatic heterocycles. The van der Waals surface area contributed by atoms with Crippen molar-refractivity contribution in [2.75, 3.05) is 20.1 Å². The number of aliphatic imine (C=N–C) groups is 1. The fraction of sp³-hybridized carbons (Fsp3) is 0.533. The van der Waals surface area contributed by atoms with Crippen LogP contribution in [0.15, 0.2) is 23.3 Å². The highest BCUT2D eigenvalue weighted by Crippen LogP contribution is 2.06. The molecule has 0 saturated heterocycles. The smallest absolute Gasteiger partial charge is 0.325 e. The van der Waals surface area contributed by atoms with E-state index in [9.17, 15) is 4.79 Å². The summed E-state index contributed by atoms with van der Waals surface area (Å²) in [6.45, 7) is 6.23. The molecule has 23 heavy (non-hydrogen) atoms. The molecule has 0 spiro atoms.